The summed E-state index contributed by atoms with van der Waals surface area (Å²) < 4.78 is 0. The Morgan fingerprint density at radius 1 is 1.46 bits per heavy atom. The highest BCUT2D eigenvalue weighted by atomic mass is 14.5. The lowest BCUT2D eigenvalue weighted by atomic mass is 10.0. The molecule has 1 aromatic rings. The molecule has 0 fully saturated rings. The highest BCUT2D eigenvalue weighted by Crippen LogP contribution is 2.09. The molecule has 0 aliphatic heterocycles. The second kappa shape index (κ2) is 4.83. The predicted molar refractivity (Wildman–Crippen MR) is 57.7 cm³/mol. The lowest BCUT2D eigenvalue weighted by molar-refractivity contribution is 1.03. The second-order valence-corrected chi connectivity index (χ2v) is 3.32. The first-order chi connectivity index (χ1) is 6.26. The Bertz CT molecular complexity index is 300. The summed E-state index contributed by atoms with van der Waals surface area (Å²) in [6, 6.07) is 8.56. The van der Waals surface area contributed by atoms with E-state index in [0.717, 1.165) is 6.42 Å². The van der Waals surface area contributed by atoms with Gasteiger partial charge in [0, 0.05) is 6.54 Å². The zero-order valence-corrected chi connectivity index (χ0v) is 8.38. The summed E-state index contributed by atoms with van der Waals surface area (Å²) in [5.41, 5.74) is 9.55. The minimum atomic E-state index is 0.657. The predicted octanol–water partition coefficient (Wildman–Crippen LogP) is 2.44. The van der Waals surface area contributed by atoms with Gasteiger partial charge < -0.3 is 5.73 Å². The van der Waals surface area contributed by atoms with Gasteiger partial charge in [-0.1, -0.05) is 41.5 Å². The largest absolute Gasteiger partial charge is 0.327 e. The molecule has 0 amide bonds. The Morgan fingerprint density at radius 2 is 2.23 bits per heavy atom. The summed E-state index contributed by atoms with van der Waals surface area (Å²) in [4.78, 5) is 0. The zero-order valence-electron chi connectivity index (χ0n) is 8.38. The van der Waals surface area contributed by atoms with E-state index in [4.69, 9.17) is 5.73 Å². The van der Waals surface area contributed by atoms with Crippen molar-refractivity contribution in [3.05, 3.63) is 47.0 Å². The molecular formula is C12H17N. The summed E-state index contributed by atoms with van der Waals surface area (Å²) in [7, 11) is 0. The van der Waals surface area contributed by atoms with Crippen LogP contribution in [0.2, 0.25) is 0 Å². The number of nitrogens with two attached hydrogens (primary N) is 1. The Balaban J connectivity index is 2.74. The lowest BCUT2D eigenvalue weighted by Gasteiger charge is -2.04. The van der Waals surface area contributed by atoms with Crippen molar-refractivity contribution >= 4 is 0 Å². The summed E-state index contributed by atoms with van der Waals surface area (Å²) in [6.45, 7) is 4.81. The third kappa shape index (κ3) is 3.03. The van der Waals surface area contributed by atoms with E-state index >= 15 is 0 Å². The molecule has 13 heavy (non-hydrogen) atoms. The molecule has 0 spiro atoms. The van der Waals surface area contributed by atoms with E-state index in [0.29, 0.717) is 6.54 Å². The van der Waals surface area contributed by atoms with E-state index in [9.17, 15) is 0 Å². The Kier molecular flexibility index (Phi) is 3.71. The fourth-order valence-corrected chi connectivity index (χ4v) is 1.38. The Labute approximate surface area is 80.3 Å². The zero-order chi connectivity index (χ0) is 9.68. The van der Waals surface area contributed by atoms with Crippen LogP contribution < -0.4 is 5.73 Å². The van der Waals surface area contributed by atoms with Crippen LogP contribution in [0.4, 0.5) is 0 Å². The van der Waals surface area contributed by atoms with Crippen molar-refractivity contribution in [2.24, 2.45) is 5.73 Å². The number of allylic oxidation sites excluding steroid dienone is 1. The Morgan fingerprint density at radius 3 is 2.77 bits per heavy atom. The summed E-state index contributed by atoms with van der Waals surface area (Å²) in [6.07, 6.45) is 3.08. The molecule has 2 N–H and O–H groups in total. The molecule has 0 aliphatic carbocycles. The van der Waals surface area contributed by atoms with E-state index in [1.807, 2.05) is 6.92 Å². The number of benzene rings is 1. The van der Waals surface area contributed by atoms with E-state index in [2.05, 4.69) is 37.3 Å². The fourth-order valence-electron chi connectivity index (χ4n) is 1.38. The molecule has 0 aliphatic rings. The van der Waals surface area contributed by atoms with Crippen LogP contribution in [0.1, 0.15) is 18.1 Å². The first-order valence-electron chi connectivity index (χ1n) is 4.66. The van der Waals surface area contributed by atoms with E-state index in [1.54, 1.807) is 0 Å². The maximum absolute atomic E-state index is 5.60. The summed E-state index contributed by atoms with van der Waals surface area (Å²) in [5, 5.41) is 0. The maximum atomic E-state index is 5.60. The van der Waals surface area contributed by atoms with E-state index < -0.39 is 0 Å². The number of aryl methyl sites for hydroxylation is 1. The molecule has 0 saturated heterocycles. The fraction of sp³-hybridized carbons (Fsp3) is 0.333. The molecule has 0 unspecified atom stereocenters. The van der Waals surface area contributed by atoms with Gasteiger partial charge in [-0.15, -0.1) is 0 Å². The first-order valence-corrected chi connectivity index (χ1v) is 4.66. The van der Waals surface area contributed by atoms with Crippen molar-refractivity contribution in [2.45, 2.75) is 20.3 Å². The standard InChI is InChI=1S/C12H17N/c1-3-11(9-13)8-12-6-4-5-10(2)7-12/h3-7H,8-9,13H2,1-2H3/b11-3-. The maximum Gasteiger partial charge on any atom is 0.0140 e. The van der Waals surface area contributed by atoms with Crippen LogP contribution in [-0.4, -0.2) is 6.54 Å². The molecule has 70 valence electrons. The van der Waals surface area contributed by atoms with Crippen molar-refractivity contribution in [1.82, 2.24) is 0 Å². The van der Waals surface area contributed by atoms with Gasteiger partial charge in [-0.3, -0.25) is 0 Å². The monoisotopic (exact) mass is 175 g/mol. The van der Waals surface area contributed by atoms with Crippen LogP contribution in [0, 0.1) is 6.92 Å². The van der Waals surface area contributed by atoms with Crippen molar-refractivity contribution < 1.29 is 0 Å². The average molecular weight is 175 g/mol. The van der Waals surface area contributed by atoms with Crippen molar-refractivity contribution in [1.29, 1.82) is 0 Å². The van der Waals surface area contributed by atoms with Gasteiger partial charge in [0.15, 0.2) is 0 Å². The number of rotatable bonds is 3. The van der Waals surface area contributed by atoms with Crippen molar-refractivity contribution in [3.63, 3.8) is 0 Å². The molecule has 1 rings (SSSR count). The SMILES string of the molecule is C/C=C(\CN)Cc1cccc(C)c1. The highest BCUT2D eigenvalue weighted by molar-refractivity contribution is 5.26. The molecule has 0 heterocycles. The van der Waals surface area contributed by atoms with Gasteiger partial charge in [-0.25, -0.2) is 0 Å². The minimum Gasteiger partial charge on any atom is -0.327 e. The quantitative estimate of drug-likeness (QED) is 0.702. The van der Waals surface area contributed by atoms with Gasteiger partial charge in [-0.2, -0.15) is 0 Å². The highest BCUT2D eigenvalue weighted by Gasteiger charge is 1.96. The first kappa shape index (κ1) is 10.0. The molecular weight excluding hydrogens is 158 g/mol. The van der Waals surface area contributed by atoms with Crippen LogP contribution >= 0.6 is 0 Å². The van der Waals surface area contributed by atoms with Crippen LogP contribution in [0.25, 0.3) is 0 Å². The summed E-state index contributed by atoms with van der Waals surface area (Å²) >= 11 is 0. The van der Waals surface area contributed by atoms with Gasteiger partial charge >= 0.3 is 0 Å². The molecule has 1 aromatic carbocycles. The van der Waals surface area contributed by atoms with Crippen LogP contribution in [-0.2, 0) is 6.42 Å². The second-order valence-electron chi connectivity index (χ2n) is 3.32. The third-order valence-electron chi connectivity index (χ3n) is 2.18. The molecule has 0 bridgehead atoms. The molecule has 0 aromatic heterocycles. The molecule has 0 radical (unpaired) electrons. The topological polar surface area (TPSA) is 26.0 Å². The van der Waals surface area contributed by atoms with Crippen LogP contribution in [0.15, 0.2) is 35.9 Å². The van der Waals surface area contributed by atoms with Gasteiger partial charge in [-0.05, 0) is 25.8 Å². The third-order valence-corrected chi connectivity index (χ3v) is 2.18. The Hall–Kier alpha value is -1.08. The normalized spacial score (nSPS) is 11.8. The van der Waals surface area contributed by atoms with Gasteiger partial charge in [0.2, 0.25) is 0 Å². The van der Waals surface area contributed by atoms with Gasteiger partial charge in [0.25, 0.3) is 0 Å². The van der Waals surface area contributed by atoms with Crippen molar-refractivity contribution in [2.75, 3.05) is 6.54 Å². The van der Waals surface area contributed by atoms with Crippen molar-refractivity contribution in [3.8, 4) is 0 Å². The molecule has 0 atom stereocenters. The van der Waals surface area contributed by atoms with E-state index in [-0.39, 0.29) is 0 Å². The molecule has 1 nitrogen and oxygen atoms in total. The average Bonchev–Trinajstić information content (AvgIpc) is 2.14. The molecule has 1 heteroatoms. The van der Waals surface area contributed by atoms with E-state index in [1.165, 1.54) is 16.7 Å². The van der Waals surface area contributed by atoms with Crippen LogP contribution in [0.5, 0.6) is 0 Å². The van der Waals surface area contributed by atoms with Gasteiger partial charge in [0.05, 0.1) is 0 Å². The minimum absolute atomic E-state index is 0.657. The number of hydrogen-bond donors (Lipinski definition) is 1. The molecule has 0 saturated carbocycles. The van der Waals surface area contributed by atoms with Gasteiger partial charge in [0.1, 0.15) is 0 Å². The number of hydrogen-bond acceptors (Lipinski definition) is 1. The van der Waals surface area contributed by atoms with Crippen LogP contribution in [0.3, 0.4) is 0 Å². The lowest BCUT2D eigenvalue weighted by Crippen LogP contribution is -2.05. The smallest absolute Gasteiger partial charge is 0.0140 e. The summed E-state index contributed by atoms with van der Waals surface area (Å²) in [5.74, 6) is 0.